The van der Waals surface area contributed by atoms with Crippen molar-refractivity contribution in [3.8, 4) is 5.88 Å². The van der Waals surface area contributed by atoms with Crippen LogP contribution >= 0.6 is 11.3 Å². The van der Waals surface area contributed by atoms with Gasteiger partial charge in [-0.3, -0.25) is 10.1 Å². The lowest BCUT2D eigenvalue weighted by Gasteiger charge is -2.10. The largest absolute Gasteiger partial charge is 0.475 e. The van der Waals surface area contributed by atoms with Gasteiger partial charge in [-0.25, -0.2) is 18.4 Å². The molecule has 13 heteroatoms. The van der Waals surface area contributed by atoms with E-state index in [1.807, 2.05) is 0 Å². The standard InChI is InChI=1S/C23H24N4O7S2/c28-10-12-33-19-8-7-18-22(25-19)35-23(24-18)26-21(29)20(27-34-15-9-11-32-13-15)14-1-3-16(4-2-14)36(30,31)17-5-6-17/h1-4,7-8,15,17,28H,5-6,9-13H2,(H,24,26,29)/t15-/m1/s1. The minimum absolute atomic E-state index is 0.0172. The summed E-state index contributed by atoms with van der Waals surface area (Å²) in [4.78, 5) is 28.3. The van der Waals surface area contributed by atoms with Crippen molar-refractivity contribution in [1.29, 1.82) is 0 Å². The molecule has 11 nitrogen and oxygen atoms in total. The van der Waals surface area contributed by atoms with Crippen LogP contribution in [-0.2, 0) is 24.2 Å². The van der Waals surface area contributed by atoms with Crippen LogP contribution in [0.1, 0.15) is 24.8 Å². The molecule has 5 rings (SSSR count). The number of benzene rings is 1. The number of hydrogen-bond donors (Lipinski definition) is 2. The van der Waals surface area contributed by atoms with Crippen molar-refractivity contribution in [2.75, 3.05) is 31.7 Å². The Morgan fingerprint density at radius 2 is 1.97 bits per heavy atom. The van der Waals surface area contributed by atoms with Crippen LogP contribution in [0.15, 0.2) is 46.4 Å². The van der Waals surface area contributed by atoms with Crippen molar-refractivity contribution in [3.63, 3.8) is 0 Å². The highest BCUT2D eigenvalue weighted by atomic mass is 32.2. The fourth-order valence-corrected chi connectivity index (χ4v) is 6.04. The van der Waals surface area contributed by atoms with E-state index in [1.54, 1.807) is 24.3 Å². The van der Waals surface area contributed by atoms with Crippen LogP contribution in [0.4, 0.5) is 5.13 Å². The van der Waals surface area contributed by atoms with Crippen molar-refractivity contribution < 1.29 is 32.6 Å². The Morgan fingerprint density at radius 3 is 2.67 bits per heavy atom. The van der Waals surface area contributed by atoms with Crippen LogP contribution in [0.5, 0.6) is 5.88 Å². The maximum Gasteiger partial charge on any atom is 0.280 e. The maximum absolute atomic E-state index is 13.2. The van der Waals surface area contributed by atoms with Gasteiger partial charge in [-0.05, 0) is 31.0 Å². The van der Waals surface area contributed by atoms with Crippen molar-refractivity contribution in [2.24, 2.45) is 5.16 Å². The maximum atomic E-state index is 13.2. The van der Waals surface area contributed by atoms with E-state index in [4.69, 9.17) is 19.4 Å². The smallest absolute Gasteiger partial charge is 0.280 e. The van der Waals surface area contributed by atoms with Crippen LogP contribution in [0.2, 0.25) is 0 Å². The number of aromatic nitrogens is 2. The van der Waals surface area contributed by atoms with Crippen molar-refractivity contribution in [2.45, 2.75) is 35.5 Å². The summed E-state index contributed by atoms with van der Waals surface area (Å²) in [5.41, 5.74) is 0.954. The summed E-state index contributed by atoms with van der Waals surface area (Å²) < 4.78 is 35.7. The number of nitrogens with one attached hydrogen (secondary N) is 1. The van der Waals surface area contributed by atoms with Crippen LogP contribution in [-0.4, -0.2) is 72.9 Å². The highest BCUT2D eigenvalue weighted by Gasteiger charge is 2.36. The SMILES string of the molecule is O=C(Nc1nc2ccc(OCCO)nc2s1)C(=NO[C@@H]1CCOC1)c1ccc(S(=O)(=O)C2CC2)cc1. The molecule has 1 aromatic carbocycles. The number of thiazole rings is 1. The van der Waals surface area contributed by atoms with E-state index in [-0.39, 0.29) is 35.2 Å². The van der Waals surface area contributed by atoms with E-state index in [0.717, 1.165) is 11.3 Å². The molecular weight excluding hydrogens is 508 g/mol. The van der Waals surface area contributed by atoms with Gasteiger partial charge in [0, 0.05) is 18.1 Å². The molecule has 36 heavy (non-hydrogen) atoms. The highest BCUT2D eigenvalue weighted by Crippen LogP contribution is 2.33. The van der Waals surface area contributed by atoms with Gasteiger partial charge in [0.15, 0.2) is 26.8 Å². The Hall–Kier alpha value is -3.13. The summed E-state index contributed by atoms with van der Waals surface area (Å²) >= 11 is 1.15. The van der Waals surface area contributed by atoms with Crippen molar-refractivity contribution >= 4 is 48.3 Å². The molecule has 2 aliphatic rings. The summed E-state index contributed by atoms with van der Waals surface area (Å²) in [7, 11) is -3.35. The second-order valence-corrected chi connectivity index (χ2v) is 11.5. The predicted octanol–water partition coefficient (Wildman–Crippen LogP) is 2.15. The van der Waals surface area contributed by atoms with Gasteiger partial charge in [0.1, 0.15) is 17.0 Å². The van der Waals surface area contributed by atoms with Crippen molar-refractivity contribution in [3.05, 3.63) is 42.0 Å². The molecule has 1 atom stereocenters. The van der Waals surface area contributed by atoms with Gasteiger partial charge in [0.05, 0.1) is 30.0 Å². The Labute approximate surface area is 211 Å². The summed E-state index contributed by atoms with van der Waals surface area (Å²) in [6.07, 6.45) is 1.72. The number of carbonyl (C=O) groups excluding carboxylic acids is 1. The Bertz CT molecular complexity index is 1380. The lowest BCUT2D eigenvalue weighted by atomic mass is 10.1. The molecule has 0 radical (unpaired) electrons. The number of pyridine rings is 1. The van der Waals surface area contributed by atoms with Gasteiger partial charge >= 0.3 is 0 Å². The third kappa shape index (κ3) is 5.48. The number of ether oxygens (including phenoxy) is 2. The molecule has 1 saturated carbocycles. The predicted molar refractivity (Wildman–Crippen MR) is 132 cm³/mol. The third-order valence-corrected chi connectivity index (χ3v) is 8.77. The molecule has 0 spiro atoms. The lowest BCUT2D eigenvalue weighted by molar-refractivity contribution is -0.110. The molecule has 1 saturated heterocycles. The van der Waals surface area contributed by atoms with E-state index >= 15 is 0 Å². The number of hydrogen-bond acceptors (Lipinski definition) is 11. The number of fused-ring (bicyclic) bond motifs is 1. The van der Waals surface area contributed by atoms with Crippen LogP contribution in [0, 0.1) is 0 Å². The average molecular weight is 533 g/mol. The quantitative estimate of drug-likeness (QED) is 0.296. The first-order chi connectivity index (χ1) is 17.4. The number of amides is 1. The average Bonchev–Trinajstić information content (AvgIpc) is 3.48. The molecule has 2 N–H and O–H groups in total. The van der Waals surface area contributed by atoms with Gasteiger partial charge in [-0.1, -0.05) is 28.6 Å². The number of aliphatic hydroxyl groups excluding tert-OH is 1. The molecule has 190 valence electrons. The molecule has 0 bridgehead atoms. The zero-order valence-electron chi connectivity index (χ0n) is 19.1. The Kier molecular flexibility index (Phi) is 7.14. The topological polar surface area (TPSA) is 149 Å². The molecule has 3 aromatic rings. The second-order valence-electron chi connectivity index (χ2n) is 8.32. The molecule has 3 heterocycles. The summed E-state index contributed by atoms with van der Waals surface area (Å²) in [5, 5.41) is 15.7. The number of nitrogens with zero attached hydrogens (tertiary/aromatic N) is 3. The summed E-state index contributed by atoms with van der Waals surface area (Å²) in [6.45, 7) is 0.918. The minimum Gasteiger partial charge on any atom is -0.475 e. The first kappa shape index (κ1) is 24.6. The number of anilines is 1. The van der Waals surface area contributed by atoms with Gasteiger partial charge in [0.25, 0.3) is 5.91 Å². The molecule has 1 aliphatic heterocycles. The van der Waals surface area contributed by atoms with Gasteiger partial charge < -0.3 is 19.4 Å². The first-order valence-electron chi connectivity index (χ1n) is 11.4. The Morgan fingerprint density at radius 1 is 1.17 bits per heavy atom. The third-order valence-electron chi connectivity index (χ3n) is 5.61. The molecule has 1 aliphatic carbocycles. The zero-order valence-corrected chi connectivity index (χ0v) is 20.8. The molecule has 0 unspecified atom stereocenters. The number of rotatable bonds is 10. The summed E-state index contributed by atoms with van der Waals surface area (Å²) in [6, 6.07) is 9.41. The molecule has 1 amide bonds. The highest BCUT2D eigenvalue weighted by molar-refractivity contribution is 7.92. The van der Waals surface area contributed by atoms with E-state index < -0.39 is 15.7 Å². The number of carbonyl (C=O) groups is 1. The Balaban J connectivity index is 1.38. The lowest BCUT2D eigenvalue weighted by Crippen LogP contribution is -2.25. The van der Waals surface area contributed by atoms with Gasteiger partial charge in [-0.15, -0.1) is 0 Å². The first-order valence-corrected chi connectivity index (χ1v) is 13.8. The fourth-order valence-electron chi connectivity index (χ4n) is 3.56. The van der Waals surface area contributed by atoms with E-state index in [0.29, 0.717) is 59.4 Å². The molecule has 2 aromatic heterocycles. The number of oxime groups is 1. The normalized spacial score (nSPS) is 18.4. The molecular formula is C23H24N4O7S2. The van der Waals surface area contributed by atoms with Crippen LogP contribution < -0.4 is 10.1 Å². The van der Waals surface area contributed by atoms with Crippen LogP contribution in [0.3, 0.4) is 0 Å². The van der Waals surface area contributed by atoms with Gasteiger partial charge in [0.2, 0.25) is 5.88 Å². The zero-order chi connectivity index (χ0) is 25.1. The van der Waals surface area contributed by atoms with Crippen LogP contribution in [0.25, 0.3) is 10.3 Å². The number of sulfone groups is 1. The monoisotopic (exact) mass is 532 g/mol. The second kappa shape index (κ2) is 10.5. The fraction of sp³-hybridized carbons (Fsp3) is 0.391. The van der Waals surface area contributed by atoms with E-state index in [2.05, 4.69) is 20.4 Å². The number of aliphatic hydroxyl groups is 1. The van der Waals surface area contributed by atoms with Gasteiger partial charge in [-0.2, -0.15) is 0 Å². The van der Waals surface area contributed by atoms with Crippen molar-refractivity contribution in [1.82, 2.24) is 9.97 Å². The van der Waals surface area contributed by atoms with E-state index in [9.17, 15) is 13.2 Å². The minimum atomic E-state index is -3.35. The van der Waals surface area contributed by atoms with E-state index in [1.165, 1.54) is 12.1 Å². The summed E-state index contributed by atoms with van der Waals surface area (Å²) in [5.74, 6) is -0.226. The molecule has 2 fully saturated rings.